The van der Waals surface area contributed by atoms with Crippen molar-refractivity contribution in [2.45, 2.75) is 37.6 Å². The van der Waals surface area contributed by atoms with E-state index in [9.17, 15) is 13.2 Å². The van der Waals surface area contributed by atoms with Crippen molar-refractivity contribution in [3.8, 4) is 0 Å². The largest absolute Gasteiger partial charge is 0.371 e. The lowest BCUT2D eigenvalue weighted by atomic mass is 10.0. The standard InChI is InChI=1S/C17H27N3O3S.2ClH/c1-3-24(22,23)16-6-4-15(5-7-16)20-10-8-14(9-11-20)19-17(21)13(2)12-18;;/h4-7,13-14H,3,8-12,18H2,1-2H3,(H,19,21);2*1H. The van der Waals surface area contributed by atoms with Crippen molar-refractivity contribution >= 4 is 46.2 Å². The summed E-state index contributed by atoms with van der Waals surface area (Å²) < 4.78 is 23.7. The number of nitrogens with zero attached hydrogens (tertiary/aromatic N) is 1. The summed E-state index contributed by atoms with van der Waals surface area (Å²) in [5.74, 6) is -0.0280. The Morgan fingerprint density at radius 2 is 1.77 bits per heavy atom. The molecular formula is C17H29Cl2N3O3S. The fourth-order valence-corrected chi connectivity index (χ4v) is 3.65. The topological polar surface area (TPSA) is 92.5 Å². The molecule has 1 aliphatic rings. The third-order valence-electron chi connectivity index (χ3n) is 4.58. The normalized spacial score (nSPS) is 16.2. The molecule has 1 aromatic carbocycles. The van der Waals surface area contributed by atoms with E-state index >= 15 is 0 Å². The van der Waals surface area contributed by atoms with Crippen molar-refractivity contribution in [3.63, 3.8) is 0 Å². The van der Waals surface area contributed by atoms with Crippen LogP contribution in [-0.4, -0.2) is 45.8 Å². The van der Waals surface area contributed by atoms with Gasteiger partial charge in [0.15, 0.2) is 9.84 Å². The van der Waals surface area contributed by atoms with E-state index in [1.54, 1.807) is 19.1 Å². The maximum atomic E-state index is 11.9. The van der Waals surface area contributed by atoms with Gasteiger partial charge in [-0.05, 0) is 37.1 Å². The highest BCUT2D eigenvalue weighted by Gasteiger charge is 2.22. The van der Waals surface area contributed by atoms with E-state index in [-0.39, 0.29) is 48.4 Å². The van der Waals surface area contributed by atoms with Crippen LogP contribution in [0.15, 0.2) is 29.2 Å². The molecule has 2 rings (SSSR count). The van der Waals surface area contributed by atoms with Crippen molar-refractivity contribution in [3.05, 3.63) is 24.3 Å². The second-order valence-electron chi connectivity index (χ2n) is 6.30. The first-order valence-electron chi connectivity index (χ1n) is 8.45. The van der Waals surface area contributed by atoms with Gasteiger partial charge in [-0.15, -0.1) is 24.8 Å². The van der Waals surface area contributed by atoms with Crippen molar-refractivity contribution in [2.75, 3.05) is 30.3 Å². The Bertz CT molecular complexity index is 660. The highest BCUT2D eigenvalue weighted by molar-refractivity contribution is 7.91. The van der Waals surface area contributed by atoms with Crippen molar-refractivity contribution < 1.29 is 13.2 Å². The summed E-state index contributed by atoms with van der Waals surface area (Å²) >= 11 is 0. The summed E-state index contributed by atoms with van der Waals surface area (Å²) in [5.41, 5.74) is 6.54. The van der Waals surface area contributed by atoms with Crippen molar-refractivity contribution in [1.29, 1.82) is 0 Å². The molecule has 150 valence electrons. The van der Waals surface area contributed by atoms with Crippen LogP contribution in [0.4, 0.5) is 5.69 Å². The van der Waals surface area contributed by atoms with Crippen LogP contribution in [0.2, 0.25) is 0 Å². The van der Waals surface area contributed by atoms with Gasteiger partial charge in [0.2, 0.25) is 5.91 Å². The molecule has 9 heteroatoms. The number of carbonyl (C=O) groups excluding carboxylic acids is 1. The smallest absolute Gasteiger partial charge is 0.224 e. The van der Waals surface area contributed by atoms with Crippen LogP contribution in [-0.2, 0) is 14.6 Å². The van der Waals surface area contributed by atoms with Gasteiger partial charge in [-0.2, -0.15) is 0 Å². The van der Waals surface area contributed by atoms with E-state index in [1.807, 2.05) is 19.1 Å². The lowest BCUT2D eigenvalue weighted by Crippen LogP contribution is -2.46. The number of nitrogens with one attached hydrogen (secondary N) is 1. The molecule has 0 saturated carbocycles. The molecule has 1 saturated heterocycles. The molecule has 0 bridgehead atoms. The minimum atomic E-state index is -3.15. The first-order chi connectivity index (χ1) is 11.4. The molecule has 0 spiro atoms. The number of carbonyl (C=O) groups is 1. The monoisotopic (exact) mass is 425 g/mol. The Labute approximate surface area is 168 Å². The van der Waals surface area contributed by atoms with E-state index in [2.05, 4.69) is 10.2 Å². The molecular weight excluding hydrogens is 397 g/mol. The summed E-state index contributed by atoms with van der Waals surface area (Å²) in [4.78, 5) is 14.5. The van der Waals surface area contributed by atoms with Gasteiger partial charge in [-0.3, -0.25) is 4.79 Å². The predicted molar refractivity (Wildman–Crippen MR) is 110 cm³/mol. The van der Waals surface area contributed by atoms with Crippen LogP contribution in [0.1, 0.15) is 26.7 Å². The fourth-order valence-electron chi connectivity index (χ4n) is 2.76. The SMILES string of the molecule is CCS(=O)(=O)c1ccc(N2CCC(NC(=O)C(C)CN)CC2)cc1.Cl.Cl. The number of nitrogens with two attached hydrogens (primary N) is 1. The zero-order chi connectivity index (χ0) is 17.7. The highest BCUT2D eigenvalue weighted by atomic mass is 35.5. The number of hydrogen-bond donors (Lipinski definition) is 2. The number of rotatable bonds is 6. The number of halogens is 2. The maximum Gasteiger partial charge on any atom is 0.224 e. The zero-order valence-corrected chi connectivity index (χ0v) is 17.6. The van der Waals surface area contributed by atoms with Gasteiger partial charge in [0.1, 0.15) is 0 Å². The van der Waals surface area contributed by atoms with E-state index < -0.39 is 9.84 Å². The summed E-state index contributed by atoms with van der Waals surface area (Å²) in [5, 5.41) is 3.05. The van der Waals surface area contributed by atoms with E-state index in [0.717, 1.165) is 31.6 Å². The van der Waals surface area contributed by atoms with Crippen LogP contribution in [0.3, 0.4) is 0 Å². The molecule has 6 nitrogen and oxygen atoms in total. The van der Waals surface area contributed by atoms with Crippen LogP contribution >= 0.6 is 24.8 Å². The molecule has 0 aromatic heterocycles. The fraction of sp³-hybridized carbons (Fsp3) is 0.588. The summed E-state index contributed by atoms with van der Waals surface area (Å²) in [6.07, 6.45) is 1.75. The average molecular weight is 426 g/mol. The van der Waals surface area contributed by atoms with Gasteiger partial charge in [-0.1, -0.05) is 13.8 Å². The first kappa shape index (κ1) is 25.0. The molecule has 1 unspecified atom stereocenters. The van der Waals surface area contributed by atoms with E-state index in [4.69, 9.17) is 5.73 Å². The summed E-state index contributed by atoms with van der Waals surface area (Å²) in [7, 11) is -3.15. The van der Waals surface area contributed by atoms with Crippen LogP contribution in [0.5, 0.6) is 0 Å². The van der Waals surface area contributed by atoms with Crippen molar-refractivity contribution in [2.24, 2.45) is 11.7 Å². The number of anilines is 1. The minimum Gasteiger partial charge on any atom is -0.371 e. The van der Waals surface area contributed by atoms with E-state index in [0.29, 0.717) is 11.4 Å². The van der Waals surface area contributed by atoms with Crippen molar-refractivity contribution in [1.82, 2.24) is 5.32 Å². The molecule has 26 heavy (non-hydrogen) atoms. The Hall–Kier alpha value is -1.02. The molecule has 0 radical (unpaired) electrons. The van der Waals surface area contributed by atoms with Gasteiger partial charge in [-0.25, -0.2) is 8.42 Å². The Morgan fingerprint density at radius 1 is 1.23 bits per heavy atom. The zero-order valence-electron chi connectivity index (χ0n) is 15.2. The molecule has 0 aliphatic carbocycles. The lowest BCUT2D eigenvalue weighted by molar-refractivity contribution is -0.125. The molecule has 1 aromatic rings. The maximum absolute atomic E-state index is 11.9. The van der Waals surface area contributed by atoms with Gasteiger partial charge >= 0.3 is 0 Å². The molecule has 1 aliphatic heterocycles. The van der Waals surface area contributed by atoms with Crippen LogP contribution in [0.25, 0.3) is 0 Å². The number of hydrogen-bond acceptors (Lipinski definition) is 5. The number of sulfone groups is 1. The van der Waals surface area contributed by atoms with Gasteiger partial charge in [0.25, 0.3) is 0 Å². The predicted octanol–water partition coefficient (Wildman–Crippen LogP) is 2.00. The summed E-state index contributed by atoms with van der Waals surface area (Å²) in [6.45, 7) is 5.51. The average Bonchev–Trinajstić information content (AvgIpc) is 2.61. The Morgan fingerprint density at radius 3 is 2.23 bits per heavy atom. The molecule has 1 fully saturated rings. The van der Waals surface area contributed by atoms with Gasteiger partial charge in [0.05, 0.1) is 10.6 Å². The third kappa shape index (κ3) is 6.30. The second kappa shape index (κ2) is 11.0. The number of amides is 1. The first-order valence-corrected chi connectivity index (χ1v) is 10.1. The minimum absolute atomic E-state index is 0. The van der Waals surface area contributed by atoms with Gasteiger partial charge < -0.3 is 16.0 Å². The molecule has 1 heterocycles. The molecule has 1 atom stereocenters. The Balaban J connectivity index is 0.00000312. The third-order valence-corrected chi connectivity index (χ3v) is 6.33. The van der Waals surface area contributed by atoms with E-state index in [1.165, 1.54) is 0 Å². The summed E-state index contributed by atoms with van der Waals surface area (Å²) in [6, 6.07) is 7.24. The highest BCUT2D eigenvalue weighted by Crippen LogP contribution is 2.22. The Kier molecular flexibility index (Phi) is 10.5. The number of piperidine rings is 1. The number of benzene rings is 1. The second-order valence-corrected chi connectivity index (χ2v) is 8.58. The molecule has 3 N–H and O–H groups in total. The lowest BCUT2D eigenvalue weighted by Gasteiger charge is -2.34. The molecule has 1 amide bonds. The quantitative estimate of drug-likeness (QED) is 0.726. The van der Waals surface area contributed by atoms with Crippen LogP contribution in [0, 0.1) is 5.92 Å². The van der Waals surface area contributed by atoms with Crippen LogP contribution < -0.4 is 16.0 Å². The van der Waals surface area contributed by atoms with Gasteiger partial charge in [0, 0.05) is 37.3 Å².